The number of nitrogens with one attached hydrogen (secondary N) is 1. The molecular weight excluding hydrogens is 193 g/mol. The van der Waals surface area contributed by atoms with Gasteiger partial charge in [-0.2, -0.15) is 0 Å². The van der Waals surface area contributed by atoms with Crippen molar-refractivity contribution in [2.75, 3.05) is 19.7 Å². The van der Waals surface area contributed by atoms with Crippen LogP contribution in [0.5, 0.6) is 5.75 Å². The zero-order valence-corrected chi connectivity index (χ0v) is 8.50. The van der Waals surface area contributed by atoms with E-state index in [-0.39, 0.29) is 5.82 Å². The molecule has 3 heteroatoms. The molecule has 2 heterocycles. The summed E-state index contributed by atoms with van der Waals surface area (Å²) in [7, 11) is 0. The highest BCUT2D eigenvalue weighted by Crippen LogP contribution is 2.38. The van der Waals surface area contributed by atoms with E-state index in [4.69, 9.17) is 4.74 Å². The van der Waals surface area contributed by atoms with E-state index in [0.717, 1.165) is 25.3 Å². The minimum absolute atomic E-state index is 0.210. The molecule has 1 fully saturated rings. The maximum Gasteiger partial charge on any atom is 0.126 e. The molecule has 0 aromatic heterocycles. The Morgan fingerprint density at radius 1 is 1.33 bits per heavy atom. The summed E-state index contributed by atoms with van der Waals surface area (Å²) in [6.07, 6.45) is 1.06. The number of fused-ring (bicyclic) bond motifs is 3. The highest BCUT2D eigenvalue weighted by molar-refractivity contribution is 5.39. The molecule has 0 amide bonds. The Bertz CT molecular complexity index is 380. The maximum absolute atomic E-state index is 13.1. The first kappa shape index (κ1) is 9.16. The number of hydrogen-bond donors (Lipinski definition) is 1. The molecule has 0 spiro atoms. The fourth-order valence-corrected chi connectivity index (χ4v) is 2.66. The molecule has 1 aromatic carbocycles. The van der Waals surface area contributed by atoms with Crippen LogP contribution in [0, 0.1) is 11.7 Å². The van der Waals surface area contributed by atoms with Crippen LogP contribution in [0.3, 0.4) is 0 Å². The summed E-state index contributed by atoms with van der Waals surface area (Å²) in [4.78, 5) is 0. The Labute approximate surface area is 88.4 Å². The van der Waals surface area contributed by atoms with Crippen LogP contribution in [0.25, 0.3) is 0 Å². The third kappa shape index (κ3) is 1.51. The molecule has 2 nitrogen and oxygen atoms in total. The van der Waals surface area contributed by atoms with Crippen molar-refractivity contribution in [1.82, 2.24) is 5.32 Å². The van der Waals surface area contributed by atoms with E-state index in [0.29, 0.717) is 18.4 Å². The third-order valence-electron chi connectivity index (χ3n) is 3.46. The first-order valence-electron chi connectivity index (χ1n) is 5.47. The second kappa shape index (κ2) is 3.49. The second-order valence-corrected chi connectivity index (χ2v) is 4.34. The van der Waals surface area contributed by atoms with E-state index >= 15 is 0 Å². The van der Waals surface area contributed by atoms with Gasteiger partial charge < -0.3 is 10.1 Å². The van der Waals surface area contributed by atoms with Gasteiger partial charge in [-0.05, 0) is 30.5 Å². The Morgan fingerprint density at radius 3 is 3.20 bits per heavy atom. The van der Waals surface area contributed by atoms with E-state index in [9.17, 15) is 4.39 Å². The fourth-order valence-electron chi connectivity index (χ4n) is 2.66. The van der Waals surface area contributed by atoms with E-state index in [1.54, 1.807) is 0 Å². The summed E-state index contributed by atoms with van der Waals surface area (Å²) >= 11 is 0. The van der Waals surface area contributed by atoms with E-state index in [2.05, 4.69) is 5.32 Å². The van der Waals surface area contributed by atoms with Crippen molar-refractivity contribution in [3.63, 3.8) is 0 Å². The van der Waals surface area contributed by atoms with Crippen LogP contribution in [0.4, 0.5) is 4.39 Å². The van der Waals surface area contributed by atoms with Crippen molar-refractivity contribution < 1.29 is 9.13 Å². The Kier molecular flexibility index (Phi) is 2.13. The highest BCUT2D eigenvalue weighted by Gasteiger charge is 2.32. The van der Waals surface area contributed by atoms with Crippen molar-refractivity contribution in [1.29, 1.82) is 0 Å². The van der Waals surface area contributed by atoms with Crippen molar-refractivity contribution in [3.8, 4) is 5.75 Å². The molecule has 1 saturated heterocycles. The van der Waals surface area contributed by atoms with Crippen LogP contribution < -0.4 is 10.1 Å². The van der Waals surface area contributed by atoms with Gasteiger partial charge in [-0.25, -0.2) is 4.39 Å². The molecule has 2 aliphatic heterocycles. The lowest BCUT2D eigenvalue weighted by Gasteiger charge is -2.15. The minimum atomic E-state index is -0.210. The second-order valence-electron chi connectivity index (χ2n) is 4.34. The Morgan fingerprint density at radius 2 is 2.27 bits per heavy atom. The smallest absolute Gasteiger partial charge is 0.126 e. The lowest BCUT2D eigenvalue weighted by atomic mass is 9.87. The van der Waals surface area contributed by atoms with E-state index in [1.165, 1.54) is 17.7 Å². The normalized spacial score (nSPS) is 28.9. The third-order valence-corrected chi connectivity index (χ3v) is 3.46. The van der Waals surface area contributed by atoms with Gasteiger partial charge in [0, 0.05) is 18.5 Å². The van der Waals surface area contributed by atoms with Crippen LogP contribution in [-0.4, -0.2) is 19.7 Å². The largest absolute Gasteiger partial charge is 0.493 e. The van der Waals surface area contributed by atoms with Gasteiger partial charge in [0.05, 0.1) is 6.61 Å². The first-order chi connectivity index (χ1) is 7.34. The standard InChI is InChI=1S/C12H14FNO/c13-9-1-2-10-11-7-14-6-8(11)3-4-15-12(10)5-9/h1-2,5,8,11,14H,3-4,6-7H2/t8-,11-/m0/s1. The zero-order valence-electron chi connectivity index (χ0n) is 8.50. The molecule has 0 unspecified atom stereocenters. The summed E-state index contributed by atoms with van der Waals surface area (Å²) in [6.45, 7) is 2.76. The molecule has 0 saturated carbocycles. The molecule has 15 heavy (non-hydrogen) atoms. The molecule has 1 aromatic rings. The predicted octanol–water partition coefficient (Wildman–Crippen LogP) is 1.91. The van der Waals surface area contributed by atoms with Gasteiger partial charge in [0.25, 0.3) is 0 Å². The molecule has 2 aliphatic rings. The lowest BCUT2D eigenvalue weighted by molar-refractivity contribution is 0.295. The van der Waals surface area contributed by atoms with Crippen molar-refractivity contribution in [3.05, 3.63) is 29.6 Å². The van der Waals surface area contributed by atoms with Gasteiger partial charge in [0.1, 0.15) is 11.6 Å². The first-order valence-corrected chi connectivity index (χ1v) is 5.47. The van der Waals surface area contributed by atoms with Crippen LogP contribution in [-0.2, 0) is 0 Å². The summed E-state index contributed by atoms with van der Waals surface area (Å²) < 4.78 is 18.7. The van der Waals surface area contributed by atoms with Gasteiger partial charge in [0.2, 0.25) is 0 Å². The number of rotatable bonds is 0. The predicted molar refractivity (Wildman–Crippen MR) is 55.6 cm³/mol. The molecule has 3 rings (SSSR count). The quantitative estimate of drug-likeness (QED) is 0.701. The maximum atomic E-state index is 13.1. The average Bonchev–Trinajstić information content (AvgIpc) is 2.61. The summed E-state index contributed by atoms with van der Waals surface area (Å²) in [5, 5.41) is 3.40. The van der Waals surface area contributed by atoms with Crippen LogP contribution >= 0.6 is 0 Å². The van der Waals surface area contributed by atoms with Gasteiger partial charge in [-0.1, -0.05) is 6.07 Å². The molecular formula is C12H14FNO. The molecule has 0 radical (unpaired) electrons. The Hall–Kier alpha value is -1.09. The molecule has 0 aliphatic carbocycles. The van der Waals surface area contributed by atoms with Crippen LogP contribution in [0.2, 0.25) is 0 Å². The minimum Gasteiger partial charge on any atom is -0.493 e. The lowest BCUT2D eigenvalue weighted by Crippen LogP contribution is -2.11. The average molecular weight is 207 g/mol. The topological polar surface area (TPSA) is 21.3 Å². The molecule has 80 valence electrons. The van der Waals surface area contributed by atoms with Gasteiger partial charge in [-0.15, -0.1) is 0 Å². The highest BCUT2D eigenvalue weighted by atomic mass is 19.1. The SMILES string of the molecule is Fc1ccc2c(c1)OCC[C@H]1CNC[C@H]21. The summed E-state index contributed by atoms with van der Waals surface area (Å²) in [5.41, 5.74) is 1.17. The number of benzene rings is 1. The molecule has 2 atom stereocenters. The van der Waals surface area contributed by atoms with Gasteiger partial charge in [0.15, 0.2) is 0 Å². The van der Waals surface area contributed by atoms with Crippen LogP contribution in [0.15, 0.2) is 18.2 Å². The van der Waals surface area contributed by atoms with E-state index < -0.39 is 0 Å². The number of ether oxygens (including phenoxy) is 1. The fraction of sp³-hybridized carbons (Fsp3) is 0.500. The van der Waals surface area contributed by atoms with Crippen molar-refractivity contribution in [2.24, 2.45) is 5.92 Å². The van der Waals surface area contributed by atoms with Gasteiger partial charge >= 0.3 is 0 Å². The number of halogens is 1. The summed E-state index contributed by atoms with van der Waals surface area (Å²) in [6, 6.07) is 4.92. The zero-order chi connectivity index (χ0) is 10.3. The van der Waals surface area contributed by atoms with E-state index in [1.807, 2.05) is 6.07 Å². The molecule has 1 N–H and O–H groups in total. The van der Waals surface area contributed by atoms with Crippen LogP contribution in [0.1, 0.15) is 17.9 Å². The summed E-state index contributed by atoms with van der Waals surface area (Å²) in [5.74, 6) is 1.68. The van der Waals surface area contributed by atoms with Crippen molar-refractivity contribution >= 4 is 0 Å². The number of hydrogen-bond acceptors (Lipinski definition) is 2. The Balaban J connectivity index is 2.05. The molecule has 0 bridgehead atoms. The monoisotopic (exact) mass is 207 g/mol. The van der Waals surface area contributed by atoms with Crippen molar-refractivity contribution in [2.45, 2.75) is 12.3 Å². The van der Waals surface area contributed by atoms with Gasteiger partial charge in [-0.3, -0.25) is 0 Å².